The summed E-state index contributed by atoms with van der Waals surface area (Å²) in [5, 5.41) is 6.94. The third-order valence-electron chi connectivity index (χ3n) is 4.45. The largest absolute Gasteiger partial charge is 0.352 e. The van der Waals surface area contributed by atoms with Gasteiger partial charge >= 0.3 is 0 Å². The van der Waals surface area contributed by atoms with Gasteiger partial charge in [0.1, 0.15) is 0 Å². The average molecular weight is 358 g/mol. The second-order valence-electron chi connectivity index (χ2n) is 6.65. The molecule has 1 atom stereocenters. The van der Waals surface area contributed by atoms with E-state index >= 15 is 0 Å². The number of nitrogens with two attached hydrogens (primary N) is 1. The molecule has 1 saturated heterocycles. The van der Waals surface area contributed by atoms with E-state index in [-0.39, 0.29) is 30.1 Å². The number of carbonyl (C=O) groups excluding carboxylic acids is 2. The third kappa shape index (κ3) is 5.21. The van der Waals surface area contributed by atoms with Gasteiger partial charge in [0.05, 0.1) is 17.8 Å². The summed E-state index contributed by atoms with van der Waals surface area (Å²) < 4.78 is 1.61. The number of halogens is 1. The van der Waals surface area contributed by atoms with Gasteiger partial charge < -0.3 is 16.0 Å². The summed E-state index contributed by atoms with van der Waals surface area (Å²) in [5.74, 6) is 0.491. The Labute approximate surface area is 149 Å². The zero-order valence-electron chi connectivity index (χ0n) is 14.6. The summed E-state index contributed by atoms with van der Waals surface area (Å²) in [6, 6.07) is -0.420. The standard InChI is InChI=1S/C16H27N5O2.ClH/c1-11(2)14(17)16(23)21-6-4-12(5-7-21)8-18-15(22)13-9-19-20(3)10-13;/h9-12,14H,4-8,17H2,1-3H3,(H,18,22);1H/t14-;/m0./s1. The van der Waals surface area contributed by atoms with Gasteiger partial charge in [0.25, 0.3) is 5.91 Å². The van der Waals surface area contributed by atoms with Crippen molar-refractivity contribution in [1.82, 2.24) is 20.0 Å². The van der Waals surface area contributed by atoms with E-state index < -0.39 is 6.04 Å². The molecule has 0 saturated carbocycles. The monoisotopic (exact) mass is 357 g/mol. The smallest absolute Gasteiger partial charge is 0.254 e. The number of piperidine rings is 1. The van der Waals surface area contributed by atoms with Crippen LogP contribution in [0, 0.1) is 11.8 Å². The van der Waals surface area contributed by atoms with Crippen LogP contribution in [0.25, 0.3) is 0 Å². The van der Waals surface area contributed by atoms with Gasteiger partial charge in [-0.2, -0.15) is 5.10 Å². The van der Waals surface area contributed by atoms with Gasteiger partial charge in [-0.05, 0) is 24.7 Å². The van der Waals surface area contributed by atoms with Crippen LogP contribution in [0.2, 0.25) is 0 Å². The first kappa shape index (κ1) is 20.4. The highest BCUT2D eigenvalue weighted by molar-refractivity contribution is 5.93. The number of likely N-dealkylation sites (tertiary alicyclic amines) is 1. The third-order valence-corrected chi connectivity index (χ3v) is 4.45. The minimum atomic E-state index is -0.420. The van der Waals surface area contributed by atoms with E-state index in [9.17, 15) is 9.59 Å². The second-order valence-corrected chi connectivity index (χ2v) is 6.65. The Morgan fingerprint density at radius 1 is 1.38 bits per heavy atom. The molecular formula is C16H28ClN5O2. The highest BCUT2D eigenvalue weighted by Crippen LogP contribution is 2.18. The average Bonchev–Trinajstić information content (AvgIpc) is 2.98. The van der Waals surface area contributed by atoms with Crippen LogP contribution in [0.4, 0.5) is 0 Å². The molecule has 0 spiro atoms. The summed E-state index contributed by atoms with van der Waals surface area (Å²) in [4.78, 5) is 26.1. The minimum absolute atomic E-state index is 0. The molecule has 1 aromatic heterocycles. The van der Waals surface area contributed by atoms with Crippen LogP contribution in [0.3, 0.4) is 0 Å². The van der Waals surface area contributed by atoms with E-state index in [1.54, 1.807) is 24.1 Å². The molecule has 7 nitrogen and oxygen atoms in total. The van der Waals surface area contributed by atoms with Crippen molar-refractivity contribution >= 4 is 24.2 Å². The number of aromatic nitrogens is 2. The molecular weight excluding hydrogens is 330 g/mol. The number of rotatable bonds is 5. The van der Waals surface area contributed by atoms with E-state index in [0.29, 0.717) is 31.1 Å². The van der Waals surface area contributed by atoms with E-state index in [1.165, 1.54) is 0 Å². The zero-order valence-corrected chi connectivity index (χ0v) is 15.4. The molecule has 1 aliphatic heterocycles. The van der Waals surface area contributed by atoms with Crippen molar-refractivity contribution in [3.8, 4) is 0 Å². The summed E-state index contributed by atoms with van der Waals surface area (Å²) in [5.41, 5.74) is 6.51. The molecule has 2 amide bonds. The van der Waals surface area contributed by atoms with E-state index in [1.807, 2.05) is 18.7 Å². The van der Waals surface area contributed by atoms with Gasteiger partial charge in [-0.3, -0.25) is 14.3 Å². The fourth-order valence-corrected chi connectivity index (χ4v) is 2.73. The predicted octanol–water partition coefficient (Wildman–Crippen LogP) is 0.794. The molecule has 8 heteroatoms. The number of nitrogens with zero attached hydrogens (tertiary/aromatic N) is 3. The normalized spacial score (nSPS) is 16.6. The van der Waals surface area contributed by atoms with E-state index in [0.717, 1.165) is 12.8 Å². The molecule has 136 valence electrons. The van der Waals surface area contributed by atoms with Crippen molar-refractivity contribution in [3.05, 3.63) is 18.0 Å². The molecule has 3 N–H and O–H groups in total. The van der Waals surface area contributed by atoms with Gasteiger partial charge in [-0.1, -0.05) is 13.8 Å². The topological polar surface area (TPSA) is 93.2 Å². The fourth-order valence-electron chi connectivity index (χ4n) is 2.73. The lowest BCUT2D eigenvalue weighted by molar-refractivity contribution is -0.134. The lowest BCUT2D eigenvalue weighted by Gasteiger charge is -2.34. The predicted molar refractivity (Wildman–Crippen MR) is 94.9 cm³/mol. The number of aryl methyl sites for hydroxylation is 1. The van der Waals surface area contributed by atoms with Crippen LogP contribution in [0.5, 0.6) is 0 Å². The van der Waals surface area contributed by atoms with Gasteiger partial charge in [0.15, 0.2) is 0 Å². The lowest BCUT2D eigenvalue weighted by atomic mass is 9.95. The lowest BCUT2D eigenvalue weighted by Crippen LogP contribution is -2.50. The Bertz CT molecular complexity index is 552. The maximum atomic E-state index is 12.2. The maximum absolute atomic E-state index is 12.2. The van der Waals surface area contributed by atoms with Gasteiger partial charge in [-0.25, -0.2) is 0 Å². The summed E-state index contributed by atoms with van der Waals surface area (Å²) in [7, 11) is 1.78. The van der Waals surface area contributed by atoms with Crippen LogP contribution in [0.1, 0.15) is 37.0 Å². The fraction of sp³-hybridized carbons (Fsp3) is 0.688. The quantitative estimate of drug-likeness (QED) is 0.814. The Morgan fingerprint density at radius 2 is 2.00 bits per heavy atom. The highest BCUT2D eigenvalue weighted by Gasteiger charge is 2.27. The number of amides is 2. The second kappa shape index (κ2) is 9.03. The van der Waals surface area contributed by atoms with Crippen molar-refractivity contribution in [2.45, 2.75) is 32.7 Å². The van der Waals surface area contributed by atoms with Crippen molar-refractivity contribution < 1.29 is 9.59 Å². The molecule has 1 fully saturated rings. The minimum Gasteiger partial charge on any atom is -0.352 e. The molecule has 0 bridgehead atoms. The van der Waals surface area contributed by atoms with Crippen LogP contribution in [-0.4, -0.2) is 52.2 Å². The number of hydrogen-bond acceptors (Lipinski definition) is 4. The van der Waals surface area contributed by atoms with Crippen molar-refractivity contribution in [3.63, 3.8) is 0 Å². The Balaban J connectivity index is 0.00000288. The van der Waals surface area contributed by atoms with Crippen LogP contribution in [0.15, 0.2) is 12.4 Å². The Morgan fingerprint density at radius 3 is 2.50 bits per heavy atom. The van der Waals surface area contributed by atoms with Gasteiger partial charge in [0, 0.05) is 32.9 Å². The van der Waals surface area contributed by atoms with Crippen LogP contribution in [-0.2, 0) is 11.8 Å². The number of nitrogens with one attached hydrogen (secondary N) is 1. The highest BCUT2D eigenvalue weighted by atomic mass is 35.5. The maximum Gasteiger partial charge on any atom is 0.254 e. The van der Waals surface area contributed by atoms with Crippen molar-refractivity contribution in [2.75, 3.05) is 19.6 Å². The summed E-state index contributed by atoms with van der Waals surface area (Å²) in [6.07, 6.45) is 5.04. The first-order valence-electron chi connectivity index (χ1n) is 8.19. The van der Waals surface area contributed by atoms with Crippen LogP contribution >= 0.6 is 12.4 Å². The molecule has 0 radical (unpaired) electrons. The summed E-state index contributed by atoms with van der Waals surface area (Å²) >= 11 is 0. The first-order valence-corrected chi connectivity index (χ1v) is 8.19. The van der Waals surface area contributed by atoms with Crippen molar-refractivity contribution in [2.24, 2.45) is 24.6 Å². The molecule has 1 aliphatic rings. The molecule has 1 aromatic rings. The Hall–Kier alpha value is -1.60. The zero-order chi connectivity index (χ0) is 17.0. The SMILES string of the molecule is CC(C)[C@H](N)C(=O)N1CCC(CNC(=O)c2cnn(C)c2)CC1.Cl. The van der Waals surface area contributed by atoms with E-state index in [4.69, 9.17) is 5.73 Å². The first-order chi connectivity index (χ1) is 10.9. The molecule has 2 heterocycles. The molecule has 24 heavy (non-hydrogen) atoms. The molecule has 0 aliphatic carbocycles. The van der Waals surface area contributed by atoms with Gasteiger partial charge in [0.2, 0.25) is 5.91 Å². The Kier molecular flexibility index (Phi) is 7.69. The van der Waals surface area contributed by atoms with E-state index in [2.05, 4.69) is 10.4 Å². The summed E-state index contributed by atoms with van der Waals surface area (Å²) in [6.45, 7) is 5.98. The molecule has 2 rings (SSSR count). The molecule has 0 unspecified atom stereocenters. The number of hydrogen-bond donors (Lipinski definition) is 2. The van der Waals surface area contributed by atoms with Crippen LogP contribution < -0.4 is 11.1 Å². The number of carbonyl (C=O) groups is 2. The van der Waals surface area contributed by atoms with Gasteiger partial charge in [-0.15, -0.1) is 12.4 Å². The van der Waals surface area contributed by atoms with Crippen molar-refractivity contribution in [1.29, 1.82) is 0 Å². The molecule has 0 aromatic carbocycles.